The molecule has 0 aromatic carbocycles. The highest BCUT2D eigenvalue weighted by Gasteiger charge is 2.13. The van der Waals surface area contributed by atoms with E-state index in [1.165, 1.54) is 0 Å². The maximum absolute atomic E-state index is 11.1. The number of rotatable bonds is 7. The largest absolute Gasteiger partial charge is 0.465 e. The molecule has 86 valence electrons. The number of Topliss-reactive ketones (excluding diaryl/α,β-unsaturated/α-hetero) is 2. The van der Waals surface area contributed by atoms with Gasteiger partial charge < -0.3 is 4.74 Å². The second kappa shape index (κ2) is 7.15. The van der Waals surface area contributed by atoms with Crippen molar-refractivity contribution in [2.75, 3.05) is 6.61 Å². The van der Waals surface area contributed by atoms with Crippen molar-refractivity contribution in [3.8, 4) is 0 Å². The van der Waals surface area contributed by atoms with Crippen molar-refractivity contribution < 1.29 is 19.1 Å². The van der Waals surface area contributed by atoms with Crippen molar-refractivity contribution in [2.45, 2.75) is 40.0 Å². The molecule has 0 aliphatic rings. The summed E-state index contributed by atoms with van der Waals surface area (Å²) >= 11 is 0. The third-order valence-electron chi connectivity index (χ3n) is 1.71. The molecule has 0 amide bonds. The Hall–Kier alpha value is -1.19. The molecule has 4 nitrogen and oxygen atoms in total. The molecule has 0 rings (SSSR count). The SMILES string of the molecule is CCC(=O)CC(=O)CC(=O)OCC(C)C. The van der Waals surface area contributed by atoms with Crippen LogP contribution < -0.4 is 0 Å². The number of ketones is 2. The van der Waals surface area contributed by atoms with E-state index in [1.54, 1.807) is 6.92 Å². The third-order valence-corrected chi connectivity index (χ3v) is 1.71. The maximum Gasteiger partial charge on any atom is 0.313 e. The Morgan fingerprint density at radius 3 is 2.13 bits per heavy atom. The first-order chi connectivity index (χ1) is 6.95. The Kier molecular flexibility index (Phi) is 6.58. The molecule has 0 saturated heterocycles. The molecule has 0 N–H and O–H groups in total. The number of ether oxygens (including phenoxy) is 1. The van der Waals surface area contributed by atoms with Crippen molar-refractivity contribution in [1.82, 2.24) is 0 Å². The van der Waals surface area contributed by atoms with Crippen LogP contribution in [0.2, 0.25) is 0 Å². The summed E-state index contributed by atoms with van der Waals surface area (Å²) < 4.78 is 4.82. The topological polar surface area (TPSA) is 60.4 Å². The second-order valence-corrected chi connectivity index (χ2v) is 3.86. The van der Waals surface area contributed by atoms with Gasteiger partial charge in [0.2, 0.25) is 0 Å². The van der Waals surface area contributed by atoms with E-state index in [9.17, 15) is 14.4 Å². The minimum absolute atomic E-state index is 0.142. The lowest BCUT2D eigenvalue weighted by atomic mass is 10.1. The van der Waals surface area contributed by atoms with E-state index in [1.807, 2.05) is 13.8 Å². The molecule has 0 fully saturated rings. The van der Waals surface area contributed by atoms with Crippen LogP contribution in [-0.2, 0) is 19.1 Å². The van der Waals surface area contributed by atoms with E-state index < -0.39 is 5.97 Å². The smallest absolute Gasteiger partial charge is 0.313 e. The number of carbonyl (C=O) groups is 3. The summed E-state index contributed by atoms with van der Waals surface area (Å²) in [6.45, 7) is 5.83. The summed E-state index contributed by atoms with van der Waals surface area (Å²) in [6, 6.07) is 0. The normalized spacial score (nSPS) is 10.1. The van der Waals surface area contributed by atoms with Crippen LogP contribution in [0.25, 0.3) is 0 Å². The predicted octanol–water partition coefficient (Wildman–Crippen LogP) is 1.51. The average molecular weight is 214 g/mol. The lowest BCUT2D eigenvalue weighted by molar-refractivity contribution is -0.147. The Bertz CT molecular complexity index is 243. The monoisotopic (exact) mass is 214 g/mol. The molecule has 0 aromatic heterocycles. The molecule has 0 unspecified atom stereocenters. The lowest BCUT2D eigenvalue weighted by Crippen LogP contribution is -2.16. The first-order valence-electron chi connectivity index (χ1n) is 5.14. The van der Waals surface area contributed by atoms with Crippen LogP contribution in [0.4, 0.5) is 0 Å². The number of hydrogen-bond donors (Lipinski definition) is 0. The van der Waals surface area contributed by atoms with Gasteiger partial charge in [0, 0.05) is 6.42 Å². The zero-order chi connectivity index (χ0) is 11.8. The van der Waals surface area contributed by atoms with Gasteiger partial charge in [-0.2, -0.15) is 0 Å². The van der Waals surface area contributed by atoms with Crippen LogP contribution in [0.15, 0.2) is 0 Å². The van der Waals surface area contributed by atoms with Gasteiger partial charge in [0.25, 0.3) is 0 Å². The number of hydrogen-bond acceptors (Lipinski definition) is 4. The molecule has 0 aromatic rings. The number of esters is 1. The first kappa shape index (κ1) is 13.8. The van der Waals surface area contributed by atoms with Crippen LogP contribution in [0.5, 0.6) is 0 Å². The van der Waals surface area contributed by atoms with E-state index >= 15 is 0 Å². The van der Waals surface area contributed by atoms with Gasteiger partial charge in [-0.1, -0.05) is 20.8 Å². The predicted molar refractivity (Wildman–Crippen MR) is 55.3 cm³/mol. The van der Waals surface area contributed by atoms with Gasteiger partial charge in [-0.05, 0) is 5.92 Å². The average Bonchev–Trinajstić information content (AvgIpc) is 2.14. The van der Waals surface area contributed by atoms with Crippen molar-refractivity contribution in [3.63, 3.8) is 0 Å². The first-order valence-corrected chi connectivity index (χ1v) is 5.14. The van der Waals surface area contributed by atoms with Crippen molar-refractivity contribution in [3.05, 3.63) is 0 Å². The number of carbonyl (C=O) groups excluding carboxylic acids is 3. The molecule has 0 aliphatic heterocycles. The van der Waals surface area contributed by atoms with E-state index in [-0.39, 0.29) is 30.3 Å². The van der Waals surface area contributed by atoms with E-state index in [0.29, 0.717) is 13.0 Å². The van der Waals surface area contributed by atoms with Gasteiger partial charge >= 0.3 is 5.97 Å². The Morgan fingerprint density at radius 1 is 1.07 bits per heavy atom. The van der Waals surface area contributed by atoms with Crippen molar-refractivity contribution in [1.29, 1.82) is 0 Å². The molecule has 0 radical (unpaired) electrons. The molecule has 0 spiro atoms. The molecule has 0 atom stereocenters. The molecule has 0 bridgehead atoms. The summed E-state index contributed by atoms with van der Waals surface area (Å²) in [7, 11) is 0. The van der Waals surface area contributed by atoms with Crippen molar-refractivity contribution in [2.24, 2.45) is 5.92 Å². The highest BCUT2D eigenvalue weighted by Crippen LogP contribution is 1.99. The fourth-order valence-corrected chi connectivity index (χ4v) is 0.879. The zero-order valence-corrected chi connectivity index (χ0v) is 9.54. The molecule has 0 aliphatic carbocycles. The Morgan fingerprint density at radius 2 is 1.67 bits per heavy atom. The van der Waals surface area contributed by atoms with Gasteiger partial charge in [0.1, 0.15) is 12.2 Å². The highest BCUT2D eigenvalue weighted by atomic mass is 16.5. The minimum Gasteiger partial charge on any atom is -0.465 e. The summed E-state index contributed by atoms with van der Waals surface area (Å²) in [5.41, 5.74) is 0. The lowest BCUT2D eigenvalue weighted by Gasteiger charge is -2.06. The molecular formula is C11H18O4. The summed E-state index contributed by atoms with van der Waals surface area (Å²) in [4.78, 5) is 33.1. The van der Waals surface area contributed by atoms with E-state index in [4.69, 9.17) is 4.74 Å². The van der Waals surface area contributed by atoms with Gasteiger partial charge in [0.05, 0.1) is 13.0 Å². The van der Waals surface area contributed by atoms with Crippen LogP contribution in [0.3, 0.4) is 0 Å². The fraction of sp³-hybridized carbons (Fsp3) is 0.727. The highest BCUT2D eigenvalue weighted by molar-refractivity contribution is 6.05. The summed E-state index contributed by atoms with van der Waals surface area (Å²) in [6.07, 6.45) is -0.126. The molecular weight excluding hydrogens is 196 g/mol. The van der Waals surface area contributed by atoms with Gasteiger partial charge in [-0.15, -0.1) is 0 Å². The van der Waals surface area contributed by atoms with Gasteiger partial charge in [-0.25, -0.2) is 0 Å². The second-order valence-electron chi connectivity index (χ2n) is 3.86. The van der Waals surface area contributed by atoms with Crippen molar-refractivity contribution >= 4 is 17.5 Å². The zero-order valence-electron chi connectivity index (χ0n) is 9.54. The van der Waals surface area contributed by atoms with Gasteiger partial charge in [-0.3, -0.25) is 14.4 Å². The third kappa shape index (κ3) is 7.85. The standard InChI is InChI=1S/C11H18O4/c1-4-9(12)5-10(13)6-11(14)15-7-8(2)3/h8H,4-7H2,1-3H3. The molecule has 0 heterocycles. The van der Waals surface area contributed by atoms with Crippen LogP contribution in [0, 0.1) is 5.92 Å². The van der Waals surface area contributed by atoms with Crippen LogP contribution in [0.1, 0.15) is 40.0 Å². The van der Waals surface area contributed by atoms with E-state index in [2.05, 4.69) is 0 Å². The van der Waals surface area contributed by atoms with Crippen LogP contribution >= 0.6 is 0 Å². The molecule has 15 heavy (non-hydrogen) atoms. The maximum atomic E-state index is 11.1. The Labute approximate surface area is 90.0 Å². The quantitative estimate of drug-likeness (QED) is 0.476. The summed E-state index contributed by atoms with van der Waals surface area (Å²) in [5.74, 6) is -0.800. The van der Waals surface area contributed by atoms with E-state index in [0.717, 1.165) is 0 Å². The molecule has 4 heteroatoms. The minimum atomic E-state index is -0.544. The summed E-state index contributed by atoms with van der Waals surface area (Å²) in [5, 5.41) is 0. The fourth-order valence-electron chi connectivity index (χ4n) is 0.879. The van der Waals surface area contributed by atoms with Crippen LogP contribution in [-0.4, -0.2) is 24.1 Å². The Balaban J connectivity index is 3.77. The molecule has 0 saturated carbocycles. The van der Waals surface area contributed by atoms with Gasteiger partial charge in [0.15, 0.2) is 5.78 Å².